The van der Waals surface area contributed by atoms with Crippen molar-refractivity contribution in [2.24, 2.45) is 0 Å². The Morgan fingerprint density at radius 3 is 3.15 bits per heavy atom. The molecular weight excluding hydrogens is 202 g/mol. The van der Waals surface area contributed by atoms with E-state index >= 15 is 0 Å². The van der Waals surface area contributed by atoms with Gasteiger partial charge in [-0.05, 0) is 36.2 Å². The van der Waals surface area contributed by atoms with Crippen molar-refractivity contribution >= 4 is 29.6 Å². The summed E-state index contributed by atoms with van der Waals surface area (Å²) < 4.78 is 3.91. The van der Waals surface area contributed by atoms with Crippen molar-refractivity contribution in [1.29, 1.82) is 0 Å². The smallest absolute Gasteiger partial charge is 0.136 e. The summed E-state index contributed by atoms with van der Waals surface area (Å²) in [5.41, 5.74) is 0. The molecule has 1 aliphatic rings. The number of rotatable bonds is 3. The van der Waals surface area contributed by atoms with Gasteiger partial charge in [0.25, 0.3) is 0 Å². The highest BCUT2D eigenvalue weighted by Gasteiger charge is 2.34. The van der Waals surface area contributed by atoms with E-state index in [0.29, 0.717) is 0 Å². The fourth-order valence-corrected chi connectivity index (χ4v) is 3.72. The molecule has 1 unspecified atom stereocenters. The quantitative estimate of drug-likeness (QED) is 0.721. The normalized spacial score (nSPS) is 27.7. The standard InChI is InChI=1S/C9H11NOS2/c11-7-9(3-1-5-12-9)6-8-2-4-10-13-8/h2,4,7H,1,3,5-6H2. The van der Waals surface area contributed by atoms with Gasteiger partial charge in [-0.3, -0.25) is 0 Å². The Morgan fingerprint density at radius 1 is 1.69 bits per heavy atom. The molecule has 1 atom stereocenters. The highest BCUT2D eigenvalue weighted by Crippen LogP contribution is 2.39. The molecule has 4 heteroatoms. The first-order valence-corrected chi connectivity index (χ1v) is 6.10. The zero-order valence-electron chi connectivity index (χ0n) is 7.23. The molecule has 2 rings (SSSR count). The predicted octanol–water partition coefficient (Wildman–Crippen LogP) is 2.15. The topological polar surface area (TPSA) is 30.0 Å². The van der Waals surface area contributed by atoms with Crippen molar-refractivity contribution in [1.82, 2.24) is 4.37 Å². The van der Waals surface area contributed by atoms with Crippen LogP contribution in [0.3, 0.4) is 0 Å². The molecule has 0 saturated carbocycles. The van der Waals surface area contributed by atoms with Gasteiger partial charge in [0.1, 0.15) is 6.29 Å². The Bertz CT molecular complexity index is 278. The molecule has 0 aromatic carbocycles. The SMILES string of the molecule is O=CC1(Cc2ccns2)CCCS1. The Morgan fingerprint density at radius 2 is 2.62 bits per heavy atom. The number of aromatic nitrogens is 1. The first kappa shape index (κ1) is 9.21. The number of hydrogen-bond donors (Lipinski definition) is 0. The highest BCUT2D eigenvalue weighted by atomic mass is 32.2. The third kappa shape index (κ3) is 1.94. The molecule has 1 aromatic rings. The third-order valence-electron chi connectivity index (χ3n) is 2.31. The number of hydrogen-bond acceptors (Lipinski definition) is 4. The Hall–Kier alpha value is -0.350. The second-order valence-corrected chi connectivity index (χ2v) is 5.72. The maximum absolute atomic E-state index is 11.0. The molecule has 0 bridgehead atoms. The van der Waals surface area contributed by atoms with Crippen molar-refractivity contribution in [3.8, 4) is 0 Å². The van der Waals surface area contributed by atoms with E-state index in [1.54, 1.807) is 18.0 Å². The molecule has 2 heterocycles. The van der Waals surface area contributed by atoms with Crippen molar-refractivity contribution in [3.05, 3.63) is 17.1 Å². The van der Waals surface area contributed by atoms with E-state index < -0.39 is 0 Å². The van der Waals surface area contributed by atoms with Gasteiger partial charge in [0.2, 0.25) is 0 Å². The number of aldehydes is 1. The van der Waals surface area contributed by atoms with Gasteiger partial charge in [0.15, 0.2) is 0 Å². The first-order valence-electron chi connectivity index (χ1n) is 4.34. The van der Waals surface area contributed by atoms with Crippen LogP contribution in [-0.2, 0) is 11.2 Å². The molecule has 0 aliphatic carbocycles. The van der Waals surface area contributed by atoms with Crippen LogP contribution in [0.1, 0.15) is 17.7 Å². The van der Waals surface area contributed by atoms with Gasteiger partial charge < -0.3 is 4.79 Å². The Labute approximate surface area is 85.9 Å². The molecule has 0 radical (unpaired) electrons. The molecule has 1 saturated heterocycles. The van der Waals surface area contributed by atoms with Crippen molar-refractivity contribution in [2.75, 3.05) is 5.75 Å². The molecule has 0 spiro atoms. The molecule has 1 aliphatic heterocycles. The summed E-state index contributed by atoms with van der Waals surface area (Å²) in [6.07, 6.45) is 6.00. The maximum atomic E-state index is 11.0. The van der Waals surface area contributed by atoms with Gasteiger partial charge >= 0.3 is 0 Å². The Kier molecular flexibility index (Phi) is 2.69. The average Bonchev–Trinajstić information content (AvgIpc) is 2.77. The molecular formula is C9H11NOS2. The van der Waals surface area contributed by atoms with E-state index in [4.69, 9.17) is 0 Å². The van der Waals surface area contributed by atoms with Crippen LogP contribution in [0.5, 0.6) is 0 Å². The maximum Gasteiger partial charge on any atom is 0.136 e. The van der Waals surface area contributed by atoms with E-state index in [2.05, 4.69) is 4.37 Å². The van der Waals surface area contributed by atoms with Crippen LogP contribution in [0.2, 0.25) is 0 Å². The summed E-state index contributed by atoms with van der Waals surface area (Å²) in [4.78, 5) is 12.2. The van der Waals surface area contributed by atoms with Crippen molar-refractivity contribution in [3.63, 3.8) is 0 Å². The van der Waals surface area contributed by atoms with Crippen LogP contribution < -0.4 is 0 Å². The minimum atomic E-state index is -0.132. The molecule has 1 aromatic heterocycles. The predicted molar refractivity (Wildman–Crippen MR) is 56.3 cm³/mol. The van der Waals surface area contributed by atoms with Gasteiger partial charge in [-0.1, -0.05) is 0 Å². The second-order valence-electron chi connectivity index (χ2n) is 3.29. The van der Waals surface area contributed by atoms with Crippen LogP contribution in [0.15, 0.2) is 12.3 Å². The van der Waals surface area contributed by atoms with Gasteiger partial charge in [0.05, 0.1) is 4.75 Å². The highest BCUT2D eigenvalue weighted by molar-refractivity contribution is 8.01. The van der Waals surface area contributed by atoms with Gasteiger partial charge in [-0.15, -0.1) is 11.8 Å². The molecule has 13 heavy (non-hydrogen) atoms. The Balaban J connectivity index is 2.10. The molecule has 1 fully saturated rings. The summed E-state index contributed by atoms with van der Waals surface area (Å²) in [7, 11) is 0. The first-order chi connectivity index (χ1) is 6.35. The van der Waals surface area contributed by atoms with Crippen LogP contribution in [-0.4, -0.2) is 21.2 Å². The lowest BCUT2D eigenvalue weighted by Crippen LogP contribution is -2.25. The van der Waals surface area contributed by atoms with E-state index in [-0.39, 0.29) is 4.75 Å². The van der Waals surface area contributed by atoms with Crippen LogP contribution in [0, 0.1) is 0 Å². The fourth-order valence-electron chi connectivity index (χ4n) is 1.62. The molecule has 0 N–H and O–H groups in total. The molecule has 70 valence electrons. The summed E-state index contributed by atoms with van der Waals surface area (Å²) in [5.74, 6) is 1.12. The summed E-state index contributed by atoms with van der Waals surface area (Å²) in [6, 6.07) is 2.01. The van der Waals surface area contributed by atoms with E-state index in [0.717, 1.165) is 24.9 Å². The van der Waals surface area contributed by atoms with Crippen LogP contribution in [0.25, 0.3) is 0 Å². The number of carbonyl (C=O) groups is 1. The number of nitrogens with zero attached hydrogens (tertiary/aromatic N) is 1. The minimum Gasteiger partial charge on any atom is -0.302 e. The van der Waals surface area contributed by atoms with Crippen LogP contribution in [0.4, 0.5) is 0 Å². The summed E-state index contributed by atoms with van der Waals surface area (Å²) >= 11 is 3.30. The lowest BCUT2D eigenvalue weighted by atomic mass is 10.0. The number of carbonyl (C=O) groups excluding carboxylic acids is 1. The largest absolute Gasteiger partial charge is 0.302 e. The van der Waals surface area contributed by atoms with Gasteiger partial charge in [-0.25, -0.2) is 4.37 Å². The van der Waals surface area contributed by atoms with Gasteiger partial charge in [-0.2, -0.15) is 0 Å². The lowest BCUT2D eigenvalue weighted by Gasteiger charge is -2.19. The fraction of sp³-hybridized carbons (Fsp3) is 0.556. The number of thioether (sulfide) groups is 1. The minimum absolute atomic E-state index is 0.132. The monoisotopic (exact) mass is 213 g/mol. The summed E-state index contributed by atoms with van der Waals surface area (Å²) in [5, 5.41) is 0. The molecule has 2 nitrogen and oxygen atoms in total. The zero-order chi connectivity index (χ0) is 9.15. The lowest BCUT2D eigenvalue weighted by molar-refractivity contribution is -0.109. The van der Waals surface area contributed by atoms with E-state index in [1.807, 2.05) is 6.07 Å². The van der Waals surface area contributed by atoms with Gasteiger partial charge in [0, 0.05) is 17.5 Å². The van der Waals surface area contributed by atoms with E-state index in [1.165, 1.54) is 22.8 Å². The van der Waals surface area contributed by atoms with E-state index in [9.17, 15) is 4.79 Å². The summed E-state index contributed by atoms with van der Waals surface area (Å²) in [6.45, 7) is 0. The average molecular weight is 213 g/mol. The third-order valence-corrected chi connectivity index (χ3v) is 4.57. The molecule has 0 amide bonds. The van der Waals surface area contributed by atoms with Crippen LogP contribution >= 0.6 is 23.3 Å². The zero-order valence-corrected chi connectivity index (χ0v) is 8.87. The van der Waals surface area contributed by atoms with Crippen molar-refractivity contribution < 1.29 is 4.79 Å². The van der Waals surface area contributed by atoms with Crippen molar-refractivity contribution in [2.45, 2.75) is 24.0 Å². The second kappa shape index (κ2) is 3.80.